The third-order valence-corrected chi connectivity index (χ3v) is 8.03. The summed E-state index contributed by atoms with van der Waals surface area (Å²) in [7, 11) is 2.00. The molecule has 0 aromatic heterocycles. The number of carbonyl (C=O) groups excluding carboxylic acids is 1. The van der Waals surface area contributed by atoms with Gasteiger partial charge in [-0.2, -0.15) is 0 Å². The van der Waals surface area contributed by atoms with Crippen molar-refractivity contribution in [2.45, 2.75) is 43.0 Å². The van der Waals surface area contributed by atoms with E-state index >= 15 is 0 Å². The first kappa shape index (κ1) is 22.3. The van der Waals surface area contributed by atoms with E-state index in [-0.39, 0.29) is 16.3 Å². The van der Waals surface area contributed by atoms with E-state index in [0.717, 1.165) is 18.4 Å². The third-order valence-electron chi connectivity index (χ3n) is 6.23. The molecule has 1 saturated carbocycles. The predicted octanol–water partition coefficient (Wildman–Crippen LogP) is 3.42. The van der Waals surface area contributed by atoms with Gasteiger partial charge in [0.15, 0.2) is 0 Å². The molecule has 7 heteroatoms. The molecule has 0 aliphatic heterocycles. The number of carbonyl (C=O) groups is 1. The minimum absolute atomic E-state index is 0.0257. The van der Waals surface area contributed by atoms with Gasteiger partial charge in [0.2, 0.25) is 0 Å². The van der Waals surface area contributed by atoms with Crippen LogP contribution in [0.15, 0.2) is 53.4 Å². The normalized spacial score (nSPS) is 15.9. The average Bonchev–Trinajstić information content (AvgIpc) is 3.22. The molecular weight excluding hydrogens is 398 g/mol. The van der Waals surface area contributed by atoms with Gasteiger partial charge in [-0.25, -0.2) is 8.42 Å². The first-order valence-electron chi connectivity index (χ1n) is 10.3. The summed E-state index contributed by atoms with van der Waals surface area (Å²) in [5.41, 5.74) is 2.05. The minimum atomic E-state index is -3.65. The van der Waals surface area contributed by atoms with E-state index in [1.54, 1.807) is 48.5 Å². The van der Waals surface area contributed by atoms with Crippen molar-refractivity contribution in [3.8, 4) is 0 Å². The van der Waals surface area contributed by atoms with Gasteiger partial charge in [0.25, 0.3) is 15.9 Å². The van der Waals surface area contributed by atoms with Crippen LogP contribution in [0.25, 0.3) is 0 Å². The Morgan fingerprint density at radius 3 is 2.07 bits per heavy atom. The fourth-order valence-corrected chi connectivity index (χ4v) is 5.19. The average molecular weight is 430 g/mol. The first-order chi connectivity index (χ1) is 14.2. The number of sulfonamides is 1. The molecular formula is C23H31N3O3S. The monoisotopic (exact) mass is 429 g/mol. The Balaban J connectivity index is 1.69. The molecule has 1 amide bonds. The van der Waals surface area contributed by atoms with Gasteiger partial charge in [0.05, 0.1) is 10.6 Å². The summed E-state index contributed by atoms with van der Waals surface area (Å²) in [5, 5.41) is 3.06. The maximum Gasteiger partial charge on any atom is 0.264 e. The molecule has 1 fully saturated rings. The molecule has 0 heterocycles. The Labute approximate surface area is 179 Å². The van der Waals surface area contributed by atoms with Gasteiger partial charge in [-0.1, -0.05) is 30.5 Å². The summed E-state index contributed by atoms with van der Waals surface area (Å²) in [6.45, 7) is 2.53. The molecule has 1 N–H and O–H groups in total. The highest BCUT2D eigenvalue weighted by molar-refractivity contribution is 7.92. The molecule has 1 aliphatic rings. The fraction of sp³-hybridized carbons (Fsp3) is 0.435. The SMILES string of the molecule is Cc1ccc(S(=O)(=O)N(C)c2ccc(C(=O)NCC3(N(C)C)CCCC3)cc2)cc1. The van der Waals surface area contributed by atoms with Crippen LogP contribution in [0.3, 0.4) is 0 Å². The molecule has 0 atom stereocenters. The van der Waals surface area contributed by atoms with Crippen LogP contribution in [0, 0.1) is 6.92 Å². The van der Waals surface area contributed by atoms with E-state index in [2.05, 4.69) is 24.3 Å². The molecule has 1 aliphatic carbocycles. The lowest BCUT2D eigenvalue weighted by atomic mass is 9.96. The Kier molecular flexibility index (Phi) is 6.53. The van der Waals surface area contributed by atoms with Crippen LogP contribution in [0.5, 0.6) is 0 Å². The summed E-state index contributed by atoms with van der Waals surface area (Å²) in [6, 6.07) is 13.4. The third kappa shape index (κ3) is 4.52. The van der Waals surface area contributed by atoms with Crippen LogP contribution in [-0.4, -0.2) is 52.5 Å². The van der Waals surface area contributed by atoms with Gasteiger partial charge in [0.1, 0.15) is 0 Å². The summed E-state index contributed by atoms with van der Waals surface area (Å²) in [4.78, 5) is 15.1. The Hall–Kier alpha value is -2.38. The lowest BCUT2D eigenvalue weighted by Crippen LogP contribution is -2.50. The number of nitrogens with one attached hydrogen (secondary N) is 1. The van der Waals surface area contributed by atoms with Gasteiger partial charge in [0, 0.05) is 24.7 Å². The molecule has 6 nitrogen and oxygen atoms in total. The molecule has 2 aromatic carbocycles. The van der Waals surface area contributed by atoms with E-state index in [4.69, 9.17) is 0 Å². The van der Waals surface area contributed by atoms with E-state index in [0.29, 0.717) is 17.8 Å². The zero-order valence-corrected chi connectivity index (χ0v) is 19.0. The second kappa shape index (κ2) is 8.78. The Morgan fingerprint density at radius 1 is 0.967 bits per heavy atom. The second-order valence-corrected chi connectivity index (χ2v) is 10.3. The van der Waals surface area contributed by atoms with Gasteiger partial charge in [-0.05, 0) is 70.3 Å². The first-order valence-corrected chi connectivity index (χ1v) is 11.7. The summed E-state index contributed by atoms with van der Waals surface area (Å²) < 4.78 is 26.9. The predicted molar refractivity (Wildman–Crippen MR) is 120 cm³/mol. The molecule has 0 unspecified atom stereocenters. The van der Waals surface area contributed by atoms with E-state index in [1.165, 1.54) is 24.2 Å². The molecule has 30 heavy (non-hydrogen) atoms. The zero-order chi connectivity index (χ0) is 21.9. The van der Waals surface area contributed by atoms with Crippen LogP contribution < -0.4 is 9.62 Å². The number of benzene rings is 2. The van der Waals surface area contributed by atoms with Crippen molar-refractivity contribution >= 4 is 21.6 Å². The van der Waals surface area contributed by atoms with Crippen LogP contribution in [0.2, 0.25) is 0 Å². The number of hydrogen-bond donors (Lipinski definition) is 1. The number of nitrogens with zero attached hydrogens (tertiary/aromatic N) is 2. The highest BCUT2D eigenvalue weighted by atomic mass is 32.2. The van der Waals surface area contributed by atoms with Crippen LogP contribution in [0.4, 0.5) is 5.69 Å². The molecule has 0 bridgehead atoms. The highest BCUT2D eigenvalue weighted by Gasteiger charge is 2.36. The molecule has 2 aromatic rings. The maximum absolute atomic E-state index is 12.9. The molecule has 162 valence electrons. The number of rotatable bonds is 7. The fourth-order valence-electron chi connectivity index (χ4n) is 3.99. The van der Waals surface area contributed by atoms with Crippen molar-refractivity contribution in [1.29, 1.82) is 0 Å². The highest BCUT2D eigenvalue weighted by Crippen LogP contribution is 2.33. The number of hydrogen-bond acceptors (Lipinski definition) is 4. The summed E-state index contributed by atoms with van der Waals surface area (Å²) in [5.74, 6) is -0.140. The quantitative estimate of drug-likeness (QED) is 0.732. The lowest BCUT2D eigenvalue weighted by molar-refractivity contribution is 0.0900. The van der Waals surface area contributed by atoms with Crippen LogP contribution in [0.1, 0.15) is 41.6 Å². The number of amides is 1. The standard InChI is InChI=1S/C23H31N3O3S/c1-18-7-13-21(14-8-18)30(28,29)26(4)20-11-9-19(10-12-20)22(27)24-17-23(25(2)3)15-5-6-16-23/h7-14H,5-6,15-17H2,1-4H3,(H,24,27). The molecule has 0 spiro atoms. The van der Waals surface area contributed by atoms with Crippen molar-refractivity contribution in [2.24, 2.45) is 0 Å². The van der Waals surface area contributed by atoms with E-state index in [9.17, 15) is 13.2 Å². The second-order valence-electron chi connectivity index (χ2n) is 8.34. The summed E-state index contributed by atoms with van der Waals surface area (Å²) >= 11 is 0. The van der Waals surface area contributed by atoms with E-state index in [1.807, 2.05) is 6.92 Å². The number of anilines is 1. The van der Waals surface area contributed by atoms with Gasteiger partial charge in [-0.3, -0.25) is 9.10 Å². The topological polar surface area (TPSA) is 69.7 Å². The van der Waals surface area contributed by atoms with Crippen molar-refractivity contribution < 1.29 is 13.2 Å². The largest absolute Gasteiger partial charge is 0.350 e. The van der Waals surface area contributed by atoms with Crippen molar-refractivity contribution in [3.63, 3.8) is 0 Å². The van der Waals surface area contributed by atoms with Crippen LogP contribution in [-0.2, 0) is 10.0 Å². The molecule has 0 saturated heterocycles. The molecule has 0 radical (unpaired) electrons. The summed E-state index contributed by atoms with van der Waals surface area (Å²) in [6.07, 6.45) is 4.54. The minimum Gasteiger partial charge on any atom is -0.350 e. The Morgan fingerprint density at radius 2 is 1.53 bits per heavy atom. The number of aryl methyl sites for hydroxylation is 1. The molecule has 3 rings (SSSR count). The maximum atomic E-state index is 12.9. The van der Waals surface area contributed by atoms with Gasteiger partial charge < -0.3 is 10.2 Å². The van der Waals surface area contributed by atoms with Crippen molar-refractivity contribution in [1.82, 2.24) is 10.2 Å². The van der Waals surface area contributed by atoms with Crippen LogP contribution >= 0.6 is 0 Å². The Bertz CT molecular complexity index is 977. The zero-order valence-electron chi connectivity index (χ0n) is 18.2. The van der Waals surface area contributed by atoms with E-state index < -0.39 is 10.0 Å². The van der Waals surface area contributed by atoms with Crippen molar-refractivity contribution in [2.75, 3.05) is 32.0 Å². The lowest BCUT2D eigenvalue weighted by Gasteiger charge is -2.36. The van der Waals surface area contributed by atoms with Gasteiger partial charge >= 0.3 is 0 Å². The van der Waals surface area contributed by atoms with Gasteiger partial charge in [-0.15, -0.1) is 0 Å². The number of likely N-dealkylation sites (N-methyl/N-ethyl adjacent to an activating group) is 1. The van der Waals surface area contributed by atoms with Crippen molar-refractivity contribution in [3.05, 3.63) is 59.7 Å². The smallest absolute Gasteiger partial charge is 0.264 e.